The van der Waals surface area contributed by atoms with Crippen LogP contribution in [-0.2, 0) is 4.79 Å². The number of thiophene rings is 1. The van der Waals surface area contributed by atoms with Crippen molar-refractivity contribution in [2.24, 2.45) is 0 Å². The van der Waals surface area contributed by atoms with Crippen molar-refractivity contribution < 1.29 is 14.7 Å². The van der Waals surface area contributed by atoms with E-state index in [0.717, 1.165) is 42.4 Å². The molecule has 2 aromatic heterocycles. The summed E-state index contributed by atoms with van der Waals surface area (Å²) >= 11 is 1.10. The van der Waals surface area contributed by atoms with Gasteiger partial charge in [-0.3, -0.25) is 14.8 Å². The van der Waals surface area contributed by atoms with Crippen LogP contribution in [-0.4, -0.2) is 50.2 Å². The largest absolute Gasteiger partial charge is 0.477 e. The number of anilines is 1. The highest BCUT2D eigenvalue weighted by atomic mass is 32.1. The number of H-pyrrole nitrogens is 1. The van der Waals surface area contributed by atoms with Gasteiger partial charge in [0.15, 0.2) is 5.82 Å². The van der Waals surface area contributed by atoms with E-state index in [1.54, 1.807) is 11.4 Å². The van der Waals surface area contributed by atoms with Gasteiger partial charge in [0, 0.05) is 13.0 Å². The number of aromatic nitrogens is 3. The van der Waals surface area contributed by atoms with Crippen LogP contribution in [0.5, 0.6) is 0 Å². The highest BCUT2D eigenvalue weighted by Gasteiger charge is 2.29. The van der Waals surface area contributed by atoms with Crippen molar-refractivity contribution in [3.63, 3.8) is 0 Å². The van der Waals surface area contributed by atoms with Crippen LogP contribution in [0.3, 0.4) is 0 Å². The van der Waals surface area contributed by atoms with Gasteiger partial charge in [0.1, 0.15) is 10.7 Å². The highest BCUT2D eigenvalue weighted by Crippen LogP contribution is 2.29. The van der Waals surface area contributed by atoms with Crippen LogP contribution >= 0.6 is 11.3 Å². The molecule has 1 aliphatic heterocycles. The molecule has 0 bridgehead atoms. The van der Waals surface area contributed by atoms with Gasteiger partial charge in [-0.2, -0.15) is 5.10 Å². The fourth-order valence-corrected chi connectivity index (χ4v) is 3.61. The molecule has 3 N–H and O–H groups in total. The zero-order chi connectivity index (χ0) is 17.1. The standard InChI is InChI=1S/C15H19N5O3S/c1-9-16-14(19-18-9)11-3-2-6-20(11)7-4-12(21)17-10-5-8-24-13(10)15(22)23/h5,8,11H,2-4,6-7H2,1H3,(H,17,21)(H,22,23)(H,16,18,19)/t11-/m0/s1. The van der Waals surface area contributed by atoms with Crippen LogP contribution in [0, 0.1) is 6.92 Å². The lowest BCUT2D eigenvalue weighted by atomic mass is 10.2. The molecule has 3 heterocycles. The number of hydrogen-bond donors (Lipinski definition) is 3. The van der Waals surface area contributed by atoms with Crippen molar-refractivity contribution >= 4 is 28.9 Å². The molecular weight excluding hydrogens is 330 g/mol. The van der Waals surface area contributed by atoms with Gasteiger partial charge in [-0.15, -0.1) is 11.3 Å². The zero-order valence-corrected chi connectivity index (χ0v) is 14.1. The number of carboxylic acids is 1. The first-order valence-corrected chi connectivity index (χ1v) is 8.66. The van der Waals surface area contributed by atoms with Crippen LogP contribution in [0.15, 0.2) is 11.4 Å². The lowest BCUT2D eigenvalue weighted by Gasteiger charge is -2.21. The Bertz CT molecular complexity index is 741. The Morgan fingerprint density at radius 1 is 1.54 bits per heavy atom. The van der Waals surface area contributed by atoms with Gasteiger partial charge >= 0.3 is 5.97 Å². The second kappa shape index (κ2) is 7.10. The fraction of sp³-hybridized carbons (Fsp3) is 0.467. The number of carbonyl (C=O) groups is 2. The van der Waals surface area contributed by atoms with Crippen molar-refractivity contribution in [2.75, 3.05) is 18.4 Å². The van der Waals surface area contributed by atoms with E-state index < -0.39 is 5.97 Å². The monoisotopic (exact) mass is 349 g/mol. The van der Waals surface area contributed by atoms with Crippen LogP contribution in [0.1, 0.15) is 46.6 Å². The van der Waals surface area contributed by atoms with Gasteiger partial charge < -0.3 is 10.4 Å². The lowest BCUT2D eigenvalue weighted by Crippen LogP contribution is -2.28. The summed E-state index contributed by atoms with van der Waals surface area (Å²) in [4.78, 5) is 29.9. The molecule has 1 atom stereocenters. The number of rotatable bonds is 6. The fourth-order valence-electron chi connectivity index (χ4n) is 2.93. The number of carbonyl (C=O) groups excluding carboxylic acids is 1. The summed E-state index contributed by atoms with van der Waals surface area (Å²) in [6, 6.07) is 1.75. The highest BCUT2D eigenvalue weighted by molar-refractivity contribution is 7.12. The molecule has 1 fully saturated rings. The molecule has 0 aromatic carbocycles. The Hall–Kier alpha value is -2.26. The molecule has 0 aliphatic carbocycles. The van der Waals surface area contributed by atoms with E-state index in [9.17, 15) is 9.59 Å². The molecule has 2 aromatic rings. The molecule has 0 saturated carbocycles. The summed E-state index contributed by atoms with van der Waals surface area (Å²) in [5.74, 6) is 0.345. The van der Waals surface area contributed by atoms with Crippen molar-refractivity contribution in [1.29, 1.82) is 0 Å². The molecule has 1 amide bonds. The van der Waals surface area contributed by atoms with Gasteiger partial charge in [-0.25, -0.2) is 9.78 Å². The third-order valence-corrected chi connectivity index (χ3v) is 4.94. The minimum absolute atomic E-state index is 0.137. The SMILES string of the molecule is Cc1nc([C@@H]2CCCN2CCC(=O)Nc2ccsc2C(=O)O)n[nH]1. The second-order valence-electron chi connectivity index (χ2n) is 5.74. The summed E-state index contributed by atoms with van der Waals surface area (Å²) < 4.78 is 0. The van der Waals surface area contributed by atoms with E-state index in [4.69, 9.17) is 5.11 Å². The number of aryl methyl sites for hydroxylation is 1. The Morgan fingerprint density at radius 3 is 3.08 bits per heavy atom. The van der Waals surface area contributed by atoms with Crippen LogP contribution < -0.4 is 5.32 Å². The van der Waals surface area contributed by atoms with Crippen molar-refractivity contribution in [1.82, 2.24) is 20.1 Å². The number of nitrogens with one attached hydrogen (secondary N) is 2. The molecule has 3 rings (SSSR count). The number of aromatic amines is 1. The molecule has 128 valence electrons. The van der Waals surface area contributed by atoms with Gasteiger partial charge in [0.05, 0.1) is 11.7 Å². The summed E-state index contributed by atoms with van der Waals surface area (Å²) in [6.07, 6.45) is 2.33. The Balaban J connectivity index is 1.56. The number of hydrogen-bond acceptors (Lipinski definition) is 6. The first kappa shape index (κ1) is 16.6. The average Bonchev–Trinajstić information content (AvgIpc) is 3.24. The van der Waals surface area contributed by atoms with Gasteiger partial charge in [0.25, 0.3) is 0 Å². The van der Waals surface area contributed by atoms with Crippen LogP contribution in [0.4, 0.5) is 5.69 Å². The quantitative estimate of drug-likeness (QED) is 0.736. The normalized spacial score (nSPS) is 18.0. The maximum absolute atomic E-state index is 12.1. The van der Waals surface area contributed by atoms with Gasteiger partial charge in [0.2, 0.25) is 5.91 Å². The average molecular weight is 349 g/mol. The number of carboxylic acid groups (broad SMARTS) is 1. The molecule has 0 unspecified atom stereocenters. The Kier molecular flexibility index (Phi) is 4.91. The summed E-state index contributed by atoms with van der Waals surface area (Å²) in [6.45, 7) is 3.37. The Labute approximate surface area is 142 Å². The van der Waals surface area contributed by atoms with Crippen molar-refractivity contribution in [3.8, 4) is 0 Å². The van der Waals surface area contributed by atoms with Crippen LogP contribution in [0.25, 0.3) is 0 Å². The van der Waals surface area contributed by atoms with Gasteiger partial charge in [-0.1, -0.05) is 0 Å². The first-order chi connectivity index (χ1) is 11.5. The molecule has 0 radical (unpaired) electrons. The molecular formula is C15H19N5O3S. The number of nitrogens with zero attached hydrogens (tertiary/aromatic N) is 3. The molecule has 0 spiro atoms. The predicted molar refractivity (Wildman–Crippen MR) is 89.2 cm³/mol. The molecule has 8 nitrogen and oxygen atoms in total. The first-order valence-electron chi connectivity index (χ1n) is 7.78. The van der Waals surface area contributed by atoms with E-state index >= 15 is 0 Å². The van der Waals surface area contributed by atoms with Crippen molar-refractivity contribution in [2.45, 2.75) is 32.2 Å². The zero-order valence-electron chi connectivity index (χ0n) is 13.3. The van der Waals surface area contributed by atoms with E-state index in [2.05, 4.69) is 25.4 Å². The number of likely N-dealkylation sites (tertiary alicyclic amines) is 1. The van der Waals surface area contributed by atoms with Crippen molar-refractivity contribution in [3.05, 3.63) is 28.0 Å². The molecule has 1 saturated heterocycles. The number of aromatic carboxylic acids is 1. The van der Waals surface area contributed by atoms with E-state index in [1.165, 1.54) is 0 Å². The van der Waals surface area contributed by atoms with E-state index in [0.29, 0.717) is 18.7 Å². The molecule has 24 heavy (non-hydrogen) atoms. The third-order valence-electron chi connectivity index (χ3n) is 4.04. The molecule has 9 heteroatoms. The Morgan fingerprint density at radius 2 is 2.38 bits per heavy atom. The molecule has 1 aliphatic rings. The third kappa shape index (κ3) is 3.62. The van der Waals surface area contributed by atoms with E-state index in [-0.39, 0.29) is 16.8 Å². The maximum atomic E-state index is 12.1. The topological polar surface area (TPSA) is 111 Å². The summed E-state index contributed by atoms with van der Waals surface area (Å²) in [7, 11) is 0. The predicted octanol–water partition coefficient (Wildman–Crippen LogP) is 2.04. The van der Waals surface area contributed by atoms with Gasteiger partial charge in [-0.05, 0) is 37.8 Å². The maximum Gasteiger partial charge on any atom is 0.348 e. The lowest BCUT2D eigenvalue weighted by molar-refractivity contribution is -0.116. The van der Waals surface area contributed by atoms with Crippen LogP contribution in [0.2, 0.25) is 0 Å². The minimum atomic E-state index is -1.03. The van der Waals surface area contributed by atoms with E-state index in [1.807, 2.05) is 6.92 Å². The number of amides is 1. The minimum Gasteiger partial charge on any atom is -0.477 e. The summed E-state index contributed by atoms with van der Waals surface area (Å²) in [5.41, 5.74) is 0.361. The smallest absolute Gasteiger partial charge is 0.348 e. The summed E-state index contributed by atoms with van der Waals surface area (Å²) in [5, 5.41) is 20.5. The second-order valence-corrected chi connectivity index (χ2v) is 6.66.